The Morgan fingerprint density at radius 2 is 2.22 bits per heavy atom. The van der Waals surface area contributed by atoms with Crippen LogP contribution in [0.4, 0.5) is 5.69 Å². The highest BCUT2D eigenvalue weighted by atomic mass is 32.2. The molecule has 1 aliphatic rings. The molecular weight excluding hydrogens is 320 g/mol. The highest BCUT2D eigenvalue weighted by Crippen LogP contribution is 2.36. The number of nitrogens with zero attached hydrogens (tertiary/aromatic N) is 1. The van der Waals surface area contributed by atoms with Gasteiger partial charge in [-0.25, -0.2) is 0 Å². The molecule has 0 aliphatic carbocycles. The summed E-state index contributed by atoms with van der Waals surface area (Å²) >= 11 is 1.46. The summed E-state index contributed by atoms with van der Waals surface area (Å²) in [6.07, 6.45) is 0. The molecule has 120 valence electrons. The molecule has 1 aliphatic heterocycles. The molecule has 2 unspecified atom stereocenters. The van der Waals surface area contributed by atoms with Gasteiger partial charge in [0.2, 0.25) is 0 Å². The van der Waals surface area contributed by atoms with E-state index in [1.54, 1.807) is 31.2 Å². The van der Waals surface area contributed by atoms with Gasteiger partial charge in [-0.1, -0.05) is 12.1 Å². The van der Waals surface area contributed by atoms with Crippen LogP contribution in [0.1, 0.15) is 16.7 Å². The Hall–Kier alpha value is -2.32. The number of nitrogens with one attached hydrogen (secondary N) is 1. The van der Waals surface area contributed by atoms with Gasteiger partial charge in [-0.15, -0.1) is 11.8 Å². The first-order valence-corrected chi connectivity index (χ1v) is 7.96. The van der Waals surface area contributed by atoms with Crippen molar-refractivity contribution in [2.75, 3.05) is 5.75 Å². The van der Waals surface area contributed by atoms with Crippen LogP contribution in [0.15, 0.2) is 34.7 Å². The second kappa shape index (κ2) is 6.05. The number of thioether (sulfide) groups is 1. The maximum atomic E-state index is 11.0. The number of carbonyl (C=O) groups is 1. The highest BCUT2D eigenvalue weighted by Gasteiger charge is 2.32. The first-order valence-electron chi connectivity index (χ1n) is 6.91. The van der Waals surface area contributed by atoms with Crippen molar-refractivity contribution in [1.82, 2.24) is 5.32 Å². The minimum absolute atomic E-state index is 0.0414. The molecule has 23 heavy (non-hydrogen) atoms. The molecule has 2 atom stereocenters. The van der Waals surface area contributed by atoms with Crippen molar-refractivity contribution in [2.45, 2.75) is 18.3 Å². The van der Waals surface area contributed by atoms with E-state index in [1.807, 2.05) is 0 Å². The van der Waals surface area contributed by atoms with Gasteiger partial charge in [0.1, 0.15) is 22.9 Å². The van der Waals surface area contributed by atoms with Crippen molar-refractivity contribution in [2.24, 2.45) is 0 Å². The third-order valence-electron chi connectivity index (χ3n) is 3.66. The van der Waals surface area contributed by atoms with Crippen LogP contribution in [0.5, 0.6) is 0 Å². The van der Waals surface area contributed by atoms with E-state index in [0.717, 1.165) is 0 Å². The molecule has 2 heterocycles. The third kappa shape index (κ3) is 3.08. The van der Waals surface area contributed by atoms with Gasteiger partial charge in [-0.05, 0) is 19.1 Å². The molecule has 7 nitrogen and oxygen atoms in total. The van der Waals surface area contributed by atoms with E-state index in [2.05, 4.69) is 5.32 Å². The zero-order valence-corrected chi connectivity index (χ0v) is 13.0. The van der Waals surface area contributed by atoms with E-state index in [0.29, 0.717) is 28.4 Å². The predicted octanol–water partition coefficient (Wildman–Crippen LogP) is 2.95. The molecule has 0 amide bonds. The molecule has 0 spiro atoms. The van der Waals surface area contributed by atoms with E-state index in [1.165, 1.54) is 17.8 Å². The van der Waals surface area contributed by atoms with E-state index in [9.17, 15) is 14.9 Å². The largest absolute Gasteiger partial charge is 0.480 e. The number of furan rings is 1. The standard InChI is InChI=1S/C15H14N2O5S/c1-8-2-3-9(6-11(8)17(20)21)12-4-5-13(22-12)14-16-10(7-23-14)15(18)19/h2-6,10,14,16H,7H2,1H3,(H,18,19). The minimum Gasteiger partial charge on any atom is -0.480 e. The van der Waals surface area contributed by atoms with Crippen molar-refractivity contribution in [3.63, 3.8) is 0 Å². The molecule has 0 saturated carbocycles. The Balaban J connectivity index is 1.84. The number of hydrogen-bond acceptors (Lipinski definition) is 6. The average Bonchev–Trinajstić information content (AvgIpc) is 3.16. The Morgan fingerprint density at radius 1 is 1.43 bits per heavy atom. The number of benzene rings is 1. The lowest BCUT2D eigenvalue weighted by molar-refractivity contribution is -0.385. The van der Waals surface area contributed by atoms with Crippen molar-refractivity contribution in [1.29, 1.82) is 0 Å². The van der Waals surface area contributed by atoms with Gasteiger partial charge in [0.05, 0.1) is 4.92 Å². The first-order chi connectivity index (χ1) is 11.0. The molecule has 1 fully saturated rings. The highest BCUT2D eigenvalue weighted by molar-refractivity contribution is 7.99. The quantitative estimate of drug-likeness (QED) is 0.654. The van der Waals surface area contributed by atoms with Gasteiger partial charge in [-0.3, -0.25) is 20.2 Å². The fraction of sp³-hybridized carbons (Fsp3) is 0.267. The van der Waals surface area contributed by atoms with Gasteiger partial charge in [0.25, 0.3) is 5.69 Å². The molecule has 2 N–H and O–H groups in total. The van der Waals surface area contributed by atoms with Crippen molar-refractivity contribution in [3.05, 3.63) is 51.8 Å². The van der Waals surface area contributed by atoms with Gasteiger partial charge in [-0.2, -0.15) is 0 Å². The van der Waals surface area contributed by atoms with Crippen LogP contribution >= 0.6 is 11.8 Å². The van der Waals surface area contributed by atoms with E-state index < -0.39 is 16.9 Å². The number of nitro groups is 1. The van der Waals surface area contributed by atoms with E-state index >= 15 is 0 Å². The fourth-order valence-corrected chi connectivity index (χ4v) is 3.56. The van der Waals surface area contributed by atoms with Crippen LogP contribution in [0.2, 0.25) is 0 Å². The molecule has 1 aromatic carbocycles. The van der Waals surface area contributed by atoms with Crippen LogP contribution in [0.3, 0.4) is 0 Å². The summed E-state index contributed by atoms with van der Waals surface area (Å²) in [5.74, 6) is 0.702. The van der Waals surface area contributed by atoms with Crippen LogP contribution in [-0.2, 0) is 4.79 Å². The molecule has 0 bridgehead atoms. The molecular formula is C15H14N2O5S. The molecule has 1 aromatic heterocycles. The van der Waals surface area contributed by atoms with E-state index in [-0.39, 0.29) is 11.1 Å². The lowest BCUT2D eigenvalue weighted by atomic mass is 10.1. The zero-order valence-electron chi connectivity index (χ0n) is 12.2. The Labute approximate surface area is 135 Å². The topological polar surface area (TPSA) is 106 Å². The first kappa shape index (κ1) is 15.6. The fourth-order valence-electron chi connectivity index (χ4n) is 2.39. The van der Waals surface area contributed by atoms with Crippen molar-refractivity contribution < 1.29 is 19.2 Å². The van der Waals surface area contributed by atoms with Gasteiger partial charge in [0, 0.05) is 22.9 Å². The number of carboxylic acid groups (broad SMARTS) is 1. The number of rotatable bonds is 4. The van der Waals surface area contributed by atoms with Crippen LogP contribution in [-0.4, -0.2) is 27.8 Å². The molecule has 0 radical (unpaired) electrons. The summed E-state index contributed by atoms with van der Waals surface area (Å²) in [4.78, 5) is 21.6. The van der Waals surface area contributed by atoms with Gasteiger partial charge >= 0.3 is 5.97 Å². The Bertz CT molecular complexity index is 773. The van der Waals surface area contributed by atoms with E-state index in [4.69, 9.17) is 9.52 Å². The maximum absolute atomic E-state index is 11.0. The van der Waals surface area contributed by atoms with Crippen LogP contribution in [0.25, 0.3) is 11.3 Å². The lowest BCUT2D eigenvalue weighted by Crippen LogP contribution is -2.33. The monoisotopic (exact) mass is 334 g/mol. The summed E-state index contributed by atoms with van der Waals surface area (Å²) in [5, 5.41) is 22.8. The van der Waals surface area contributed by atoms with Crippen molar-refractivity contribution in [3.8, 4) is 11.3 Å². The summed E-state index contributed by atoms with van der Waals surface area (Å²) in [7, 11) is 0. The number of aliphatic carboxylic acids is 1. The maximum Gasteiger partial charge on any atom is 0.321 e. The molecule has 8 heteroatoms. The Morgan fingerprint density at radius 3 is 2.87 bits per heavy atom. The predicted molar refractivity (Wildman–Crippen MR) is 85.3 cm³/mol. The van der Waals surface area contributed by atoms with Crippen molar-refractivity contribution >= 4 is 23.4 Å². The normalized spacial score (nSPS) is 20.6. The van der Waals surface area contributed by atoms with Crippen LogP contribution < -0.4 is 5.32 Å². The second-order valence-corrected chi connectivity index (χ2v) is 6.37. The molecule has 1 saturated heterocycles. The van der Waals surface area contributed by atoms with Crippen LogP contribution in [0, 0.1) is 17.0 Å². The number of aryl methyl sites for hydroxylation is 1. The third-order valence-corrected chi connectivity index (χ3v) is 4.88. The summed E-state index contributed by atoms with van der Waals surface area (Å²) in [5.41, 5.74) is 1.24. The summed E-state index contributed by atoms with van der Waals surface area (Å²) in [6.45, 7) is 1.68. The molecule has 2 aromatic rings. The SMILES string of the molecule is Cc1ccc(-c2ccc(C3NC(C(=O)O)CS3)o2)cc1[N+](=O)[O-]. The second-order valence-electron chi connectivity index (χ2n) is 5.23. The van der Waals surface area contributed by atoms with Gasteiger partial charge < -0.3 is 9.52 Å². The average molecular weight is 334 g/mol. The summed E-state index contributed by atoms with van der Waals surface area (Å²) in [6, 6.07) is 7.82. The van der Waals surface area contributed by atoms with Gasteiger partial charge in [0.15, 0.2) is 0 Å². The lowest BCUT2D eigenvalue weighted by Gasteiger charge is -2.07. The number of nitro benzene ring substituents is 1. The number of carboxylic acids is 1. The summed E-state index contributed by atoms with van der Waals surface area (Å²) < 4.78 is 5.76. The Kier molecular flexibility index (Phi) is 4.10. The molecule has 3 rings (SSSR count). The minimum atomic E-state index is -0.888. The number of hydrogen-bond donors (Lipinski definition) is 2. The zero-order chi connectivity index (χ0) is 16.6. The smallest absolute Gasteiger partial charge is 0.321 e.